The maximum atomic E-state index is 6.32. The molecular formula is C43H26N2O2. The van der Waals surface area contributed by atoms with Gasteiger partial charge in [0.2, 0.25) is 0 Å². The number of hydrogen-bond donors (Lipinski definition) is 0. The summed E-state index contributed by atoms with van der Waals surface area (Å²) in [6, 6.07) is 54.9. The van der Waals surface area contributed by atoms with Crippen LogP contribution in [0.2, 0.25) is 0 Å². The number of aromatic nitrogens is 2. The summed E-state index contributed by atoms with van der Waals surface area (Å²) in [6.07, 6.45) is 0. The summed E-state index contributed by atoms with van der Waals surface area (Å²) >= 11 is 0. The highest BCUT2D eigenvalue weighted by Crippen LogP contribution is 2.38. The van der Waals surface area contributed by atoms with Crippen LogP contribution in [0.15, 0.2) is 167 Å². The molecule has 4 nitrogen and oxygen atoms in total. The van der Waals surface area contributed by atoms with Crippen LogP contribution in [-0.4, -0.2) is 9.55 Å². The molecular weight excluding hydrogens is 576 g/mol. The Morgan fingerprint density at radius 3 is 1.70 bits per heavy atom. The zero-order chi connectivity index (χ0) is 30.9. The molecule has 0 fully saturated rings. The van der Waals surface area contributed by atoms with Crippen LogP contribution in [-0.2, 0) is 0 Å². The van der Waals surface area contributed by atoms with Gasteiger partial charge in [-0.1, -0.05) is 103 Å². The maximum Gasteiger partial charge on any atom is 0.145 e. The molecule has 0 aliphatic heterocycles. The Kier molecular flexibility index (Phi) is 5.54. The molecule has 47 heavy (non-hydrogen) atoms. The van der Waals surface area contributed by atoms with Crippen molar-refractivity contribution in [3.8, 4) is 39.3 Å². The number of hydrogen-bond acceptors (Lipinski definition) is 3. The lowest BCUT2D eigenvalue weighted by atomic mass is 10.0. The van der Waals surface area contributed by atoms with E-state index in [0.717, 1.165) is 88.7 Å². The third-order valence-corrected chi connectivity index (χ3v) is 9.22. The summed E-state index contributed by atoms with van der Waals surface area (Å²) in [6.45, 7) is 0. The minimum Gasteiger partial charge on any atom is -0.456 e. The summed E-state index contributed by atoms with van der Waals surface area (Å²) < 4.78 is 14.8. The number of fused-ring (bicyclic) bond motifs is 7. The first kappa shape index (κ1) is 25.9. The van der Waals surface area contributed by atoms with Crippen molar-refractivity contribution in [2.75, 3.05) is 0 Å². The summed E-state index contributed by atoms with van der Waals surface area (Å²) in [7, 11) is 0. The lowest BCUT2D eigenvalue weighted by Gasteiger charge is -2.11. The number of imidazole rings is 1. The van der Waals surface area contributed by atoms with Crippen LogP contribution in [0.5, 0.6) is 0 Å². The Bertz CT molecular complexity index is 2770. The Labute approximate surface area is 269 Å². The summed E-state index contributed by atoms with van der Waals surface area (Å²) in [5, 5.41) is 4.30. The van der Waals surface area contributed by atoms with Crippen molar-refractivity contribution >= 4 is 54.9 Å². The van der Waals surface area contributed by atoms with Crippen molar-refractivity contribution in [3.05, 3.63) is 158 Å². The molecule has 0 saturated carbocycles. The lowest BCUT2D eigenvalue weighted by Crippen LogP contribution is -1.97. The smallest absolute Gasteiger partial charge is 0.145 e. The molecule has 10 rings (SSSR count). The fourth-order valence-electron chi connectivity index (χ4n) is 6.91. The molecule has 3 aromatic heterocycles. The maximum absolute atomic E-state index is 6.32. The minimum atomic E-state index is 0.863. The molecule has 0 saturated heterocycles. The van der Waals surface area contributed by atoms with Crippen molar-refractivity contribution < 1.29 is 8.83 Å². The van der Waals surface area contributed by atoms with Gasteiger partial charge in [-0.05, 0) is 76.9 Å². The minimum absolute atomic E-state index is 0.863. The average Bonchev–Trinajstić information content (AvgIpc) is 3.82. The largest absolute Gasteiger partial charge is 0.456 e. The zero-order valence-corrected chi connectivity index (χ0v) is 25.2. The standard InChI is InChI=1S/C43H26N2O2/c1-3-9-27(10-4-1)31-17-21-38-37(24-31)44-43(29-11-5-2-6-12-29)45(38)32-19-15-28(16-20-32)30-18-22-40-34(23-30)36-26-41-35(25-42(36)47-40)33-13-7-8-14-39(33)46-41/h1-26H. The average molecular weight is 603 g/mol. The van der Waals surface area contributed by atoms with Gasteiger partial charge in [0.05, 0.1) is 11.0 Å². The molecule has 10 aromatic rings. The monoisotopic (exact) mass is 602 g/mol. The lowest BCUT2D eigenvalue weighted by molar-refractivity contribution is 0.664. The molecule has 220 valence electrons. The molecule has 0 bridgehead atoms. The SMILES string of the molecule is c1ccc(-c2ccc3c(c2)nc(-c2ccccc2)n3-c2ccc(-c3ccc4oc5cc6c(cc5c4c3)oc3ccccc36)cc2)cc1. The van der Waals surface area contributed by atoms with E-state index in [1.54, 1.807) is 0 Å². The molecule has 3 heterocycles. The topological polar surface area (TPSA) is 44.1 Å². The van der Waals surface area contributed by atoms with E-state index < -0.39 is 0 Å². The molecule has 0 unspecified atom stereocenters. The van der Waals surface area contributed by atoms with Crippen molar-refractivity contribution in [1.29, 1.82) is 0 Å². The molecule has 0 amide bonds. The summed E-state index contributed by atoms with van der Waals surface area (Å²) in [5.41, 5.74) is 12.2. The van der Waals surface area contributed by atoms with Gasteiger partial charge < -0.3 is 8.83 Å². The van der Waals surface area contributed by atoms with E-state index in [1.165, 1.54) is 5.56 Å². The van der Waals surface area contributed by atoms with Gasteiger partial charge in [-0.2, -0.15) is 0 Å². The highest BCUT2D eigenvalue weighted by molar-refractivity contribution is 6.15. The Balaban J connectivity index is 1.08. The van der Waals surface area contributed by atoms with E-state index in [2.05, 4.69) is 132 Å². The highest BCUT2D eigenvalue weighted by Gasteiger charge is 2.17. The number of para-hydroxylation sites is 1. The quantitative estimate of drug-likeness (QED) is 0.201. The fourth-order valence-corrected chi connectivity index (χ4v) is 6.91. The van der Waals surface area contributed by atoms with Crippen molar-refractivity contribution in [2.24, 2.45) is 0 Å². The second kappa shape index (κ2) is 10.1. The van der Waals surface area contributed by atoms with Crippen LogP contribution in [0.3, 0.4) is 0 Å². The number of rotatable bonds is 4. The van der Waals surface area contributed by atoms with Gasteiger partial charge in [0.15, 0.2) is 0 Å². The van der Waals surface area contributed by atoms with Crippen LogP contribution in [0.1, 0.15) is 0 Å². The molecule has 0 spiro atoms. The van der Waals surface area contributed by atoms with E-state index in [1.807, 2.05) is 30.3 Å². The van der Waals surface area contributed by atoms with Gasteiger partial charge in [0.1, 0.15) is 28.2 Å². The van der Waals surface area contributed by atoms with E-state index >= 15 is 0 Å². The first-order valence-corrected chi connectivity index (χ1v) is 15.8. The number of nitrogens with zero attached hydrogens (tertiary/aromatic N) is 2. The number of benzene rings is 7. The molecule has 0 aliphatic rings. The first-order chi connectivity index (χ1) is 23.3. The van der Waals surface area contributed by atoms with Gasteiger partial charge >= 0.3 is 0 Å². The second-order valence-electron chi connectivity index (χ2n) is 12.0. The second-order valence-corrected chi connectivity index (χ2v) is 12.0. The van der Waals surface area contributed by atoms with Gasteiger partial charge in [-0.15, -0.1) is 0 Å². The van der Waals surface area contributed by atoms with Crippen molar-refractivity contribution in [3.63, 3.8) is 0 Å². The Morgan fingerprint density at radius 1 is 0.383 bits per heavy atom. The van der Waals surface area contributed by atoms with Gasteiger partial charge in [-0.25, -0.2) is 4.98 Å². The fraction of sp³-hybridized carbons (Fsp3) is 0. The van der Waals surface area contributed by atoms with Crippen molar-refractivity contribution in [1.82, 2.24) is 9.55 Å². The van der Waals surface area contributed by atoms with Crippen LogP contribution in [0.25, 0.3) is 94.2 Å². The van der Waals surface area contributed by atoms with Crippen LogP contribution in [0, 0.1) is 0 Å². The third-order valence-electron chi connectivity index (χ3n) is 9.22. The Hall–Kier alpha value is -6.39. The normalized spacial score (nSPS) is 11.8. The molecule has 0 radical (unpaired) electrons. The molecule has 7 aromatic carbocycles. The van der Waals surface area contributed by atoms with Gasteiger partial charge in [-0.3, -0.25) is 4.57 Å². The molecule has 4 heteroatoms. The predicted molar refractivity (Wildman–Crippen MR) is 192 cm³/mol. The van der Waals surface area contributed by atoms with Crippen molar-refractivity contribution in [2.45, 2.75) is 0 Å². The van der Waals surface area contributed by atoms with Crippen LogP contribution < -0.4 is 0 Å². The first-order valence-electron chi connectivity index (χ1n) is 15.8. The van der Waals surface area contributed by atoms with Gasteiger partial charge in [0.25, 0.3) is 0 Å². The van der Waals surface area contributed by atoms with E-state index in [4.69, 9.17) is 13.8 Å². The predicted octanol–water partition coefficient (Wildman–Crippen LogP) is 11.8. The zero-order valence-electron chi connectivity index (χ0n) is 25.2. The highest BCUT2D eigenvalue weighted by atomic mass is 16.3. The van der Waals surface area contributed by atoms with E-state index in [0.29, 0.717) is 0 Å². The molecule has 0 atom stereocenters. The third kappa shape index (κ3) is 4.12. The van der Waals surface area contributed by atoms with Crippen LogP contribution in [0.4, 0.5) is 0 Å². The Morgan fingerprint density at radius 2 is 0.936 bits per heavy atom. The van der Waals surface area contributed by atoms with E-state index in [-0.39, 0.29) is 0 Å². The van der Waals surface area contributed by atoms with E-state index in [9.17, 15) is 0 Å². The summed E-state index contributed by atoms with van der Waals surface area (Å²) in [5.74, 6) is 0.918. The molecule has 0 aliphatic carbocycles. The number of furan rings is 2. The molecule has 0 N–H and O–H groups in total. The summed E-state index contributed by atoms with van der Waals surface area (Å²) in [4.78, 5) is 5.16. The van der Waals surface area contributed by atoms with Crippen LogP contribution >= 0.6 is 0 Å². The van der Waals surface area contributed by atoms with Gasteiger partial charge in [0, 0.05) is 32.8 Å².